The maximum atomic E-state index is 12.8. The van der Waals surface area contributed by atoms with Crippen molar-refractivity contribution in [1.82, 2.24) is 9.97 Å². The summed E-state index contributed by atoms with van der Waals surface area (Å²) in [4.78, 5) is 21.5. The molecule has 0 aliphatic heterocycles. The largest absolute Gasteiger partial charge is 0.381 e. The van der Waals surface area contributed by atoms with Gasteiger partial charge in [-0.05, 0) is 54.4 Å². The van der Waals surface area contributed by atoms with Gasteiger partial charge in [0.1, 0.15) is 0 Å². The minimum absolute atomic E-state index is 0.200. The van der Waals surface area contributed by atoms with Gasteiger partial charge in [-0.25, -0.2) is 13.4 Å². The number of nitrogens with one attached hydrogen (secondary N) is 2. The molecule has 1 amide bonds. The van der Waals surface area contributed by atoms with Crippen LogP contribution in [0.15, 0.2) is 65.8 Å². The number of pyridine rings is 1. The molecule has 0 fully saturated rings. The monoisotopic (exact) mass is 452 g/mol. The lowest BCUT2D eigenvalue weighted by molar-refractivity contribution is 0.102. The molecule has 4 aromatic rings. The second kappa shape index (κ2) is 8.44. The van der Waals surface area contributed by atoms with Crippen LogP contribution in [0.4, 0.5) is 10.8 Å². The molecule has 158 valence electrons. The van der Waals surface area contributed by atoms with E-state index in [1.807, 2.05) is 25.1 Å². The van der Waals surface area contributed by atoms with Crippen molar-refractivity contribution in [3.05, 3.63) is 77.6 Å². The fourth-order valence-corrected chi connectivity index (χ4v) is 4.50. The van der Waals surface area contributed by atoms with Crippen LogP contribution in [0.3, 0.4) is 0 Å². The van der Waals surface area contributed by atoms with Crippen LogP contribution in [0.25, 0.3) is 10.2 Å². The number of carbonyl (C=O) groups is 1. The standard InChI is InChI=1S/C22H20N4O3S2/c1-14-5-6-16(10-18(14)24-13-15-4-3-9-23-12-15)21(27)26-22-25-19-11-17(31(2,28)29)7-8-20(19)30-22/h3-12,24H,13H2,1-2H3,(H,25,26,27). The van der Waals surface area contributed by atoms with Gasteiger partial charge in [-0.1, -0.05) is 23.5 Å². The number of hydrogen-bond donors (Lipinski definition) is 2. The fraction of sp³-hybridized carbons (Fsp3) is 0.136. The van der Waals surface area contributed by atoms with Crippen LogP contribution in [0.2, 0.25) is 0 Å². The van der Waals surface area contributed by atoms with E-state index in [1.165, 1.54) is 17.4 Å². The van der Waals surface area contributed by atoms with E-state index in [0.29, 0.717) is 22.8 Å². The number of aromatic nitrogens is 2. The molecule has 0 atom stereocenters. The van der Waals surface area contributed by atoms with Gasteiger partial charge in [0.2, 0.25) is 0 Å². The van der Waals surface area contributed by atoms with Gasteiger partial charge >= 0.3 is 0 Å². The minimum Gasteiger partial charge on any atom is -0.381 e. The molecule has 0 radical (unpaired) electrons. The molecule has 0 spiro atoms. The van der Waals surface area contributed by atoms with E-state index in [4.69, 9.17) is 0 Å². The van der Waals surface area contributed by atoms with Crippen molar-refractivity contribution in [3.63, 3.8) is 0 Å². The lowest BCUT2D eigenvalue weighted by Gasteiger charge is -2.11. The number of carbonyl (C=O) groups excluding carboxylic acids is 1. The number of benzene rings is 2. The Hall–Kier alpha value is -3.30. The van der Waals surface area contributed by atoms with Crippen LogP contribution < -0.4 is 10.6 Å². The van der Waals surface area contributed by atoms with Gasteiger partial charge in [-0.3, -0.25) is 15.1 Å². The first kappa shape index (κ1) is 21.0. The number of anilines is 2. The third-order valence-electron chi connectivity index (χ3n) is 4.71. The van der Waals surface area contributed by atoms with Crippen LogP contribution >= 0.6 is 11.3 Å². The molecule has 4 rings (SSSR count). The van der Waals surface area contributed by atoms with Crippen LogP contribution in [0.1, 0.15) is 21.5 Å². The highest BCUT2D eigenvalue weighted by Crippen LogP contribution is 2.28. The Bertz CT molecular complexity index is 1370. The Morgan fingerprint density at radius 1 is 1.13 bits per heavy atom. The molecular weight excluding hydrogens is 432 g/mol. The van der Waals surface area contributed by atoms with Crippen molar-refractivity contribution in [2.24, 2.45) is 0 Å². The topological polar surface area (TPSA) is 101 Å². The van der Waals surface area contributed by atoms with Gasteiger partial charge in [-0.2, -0.15) is 0 Å². The number of amides is 1. The summed E-state index contributed by atoms with van der Waals surface area (Å²) in [6.07, 6.45) is 4.67. The van der Waals surface area contributed by atoms with E-state index < -0.39 is 9.84 Å². The third-order valence-corrected chi connectivity index (χ3v) is 6.78. The average molecular weight is 453 g/mol. The van der Waals surface area contributed by atoms with Gasteiger partial charge in [0.05, 0.1) is 15.1 Å². The minimum atomic E-state index is -3.32. The normalized spacial score (nSPS) is 11.4. The Morgan fingerprint density at radius 3 is 2.71 bits per heavy atom. The smallest absolute Gasteiger partial charge is 0.257 e. The van der Waals surface area contributed by atoms with E-state index in [2.05, 4.69) is 20.6 Å². The summed E-state index contributed by atoms with van der Waals surface area (Å²) in [6.45, 7) is 2.57. The van der Waals surface area contributed by atoms with Crippen LogP contribution in [-0.2, 0) is 16.4 Å². The van der Waals surface area contributed by atoms with Crippen molar-refractivity contribution in [1.29, 1.82) is 0 Å². The van der Waals surface area contributed by atoms with Crippen molar-refractivity contribution >= 4 is 48.1 Å². The number of aryl methyl sites for hydroxylation is 1. The van der Waals surface area contributed by atoms with E-state index in [1.54, 1.807) is 36.7 Å². The zero-order valence-corrected chi connectivity index (χ0v) is 18.5. The summed E-state index contributed by atoms with van der Waals surface area (Å²) < 4.78 is 24.3. The Morgan fingerprint density at radius 2 is 1.97 bits per heavy atom. The molecule has 31 heavy (non-hydrogen) atoms. The van der Waals surface area contributed by atoms with Crippen molar-refractivity contribution in [2.45, 2.75) is 18.4 Å². The second-order valence-electron chi connectivity index (χ2n) is 7.12. The first-order valence-corrected chi connectivity index (χ1v) is 12.2. The van der Waals surface area contributed by atoms with Gasteiger partial charge in [0, 0.05) is 36.4 Å². The number of fused-ring (bicyclic) bond motifs is 1. The number of hydrogen-bond acceptors (Lipinski definition) is 7. The quantitative estimate of drug-likeness (QED) is 0.453. The van der Waals surface area contributed by atoms with Crippen LogP contribution in [-0.4, -0.2) is 30.5 Å². The summed E-state index contributed by atoms with van der Waals surface area (Å²) >= 11 is 1.29. The molecule has 0 unspecified atom stereocenters. The average Bonchev–Trinajstić information content (AvgIpc) is 3.14. The maximum absolute atomic E-state index is 12.8. The summed E-state index contributed by atoms with van der Waals surface area (Å²) in [7, 11) is -3.32. The molecule has 0 bridgehead atoms. The van der Waals surface area contributed by atoms with Gasteiger partial charge in [0.15, 0.2) is 15.0 Å². The van der Waals surface area contributed by atoms with Crippen molar-refractivity contribution in [2.75, 3.05) is 16.9 Å². The van der Waals surface area contributed by atoms with Gasteiger partial charge in [0.25, 0.3) is 5.91 Å². The molecule has 2 heterocycles. The highest BCUT2D eigenvalue weighted by Gasteiger charge is 2.14. The summed E-state index contributed by atoms with van der Waals surface area (Å²) in [5, 5.41) is 6.56. The first-order chi connectivity index (χ1) is 14.8. The van der Waals surface area contributed by atoms with Gasteiger partial charge in [-0.15, -0.1) is 0 Å². The SMILES string of the molecule is Cc1ccc(C(=O)Nc2nc3cc(S(C)(=O)=O)ccc3s2)cc1NCc1cccnc1. The van der Waals surface area contributed by atoms with E-state index in [9.17, 15) is 13.2 Å². The highest BCUT2D eigenvalue weighted by molar-refractivity contribution is 7.90. The zero-order valence-electron chi connectivity index (χ0n) is 16.9. The van der Waals surface area contributed by atoms with Crippen molar-refractivity contribution < 1.29 is 13.2 Å². The Labute approximate surface area is 184 Å². The number of sulfone groups is 1. The maximum Gasteiger partial charge on any atom is 0.257 e. The molecule has 7 nitrogen and oxygen atoms in total. The predicted molar refractivity (Wildman–Crippen MR) is 123 cm³/mol. The summed E-state index contributed by atoms with van der Waals surface area (Å²) in [5.41, 5.74) is 3.95. The molecule has 0 aliphatic carbocycles. The highest BCUT2D eigenvalue weighted by atomic mass is 32.2. The predicted octanol–water partition coefficient (Wildman–Crippen LogP) is 4.27. The molecule has 0 aliphatic rings. The molecule has 2 aromatic carbocycles. The summed E-state index contributed by atoms with van der Waals surface area (Å²) in [6, 6.07) is 14.1. The van der Waals surface area contributed by atoms with Crippen LogP contribution in [0, 0.1) is 6.92 Å². The van der Waals surface area contributed by atoms with E-state index in [0.717, 1.165) is 27.8 Å². The molecule has 0 saturated carbocycles. The van der Waals surface area contributed by atoms with Gasteiger partial charge < -0.3 is 5.32 Å². The number of nitrogens with zero attached hydrogens (tertiary/aromatic N) is 2. The zero-order chi connectivity index (χ0) is 22.0. The van der Waals surface area contributed by atoms with Crippen LogP contribution in [0.5, 0.6) is 0 Å². The van der Waals surface area contributed by atoms with Crippen molar-refractivity contribution in [3.8, 4) is 0 Å². The van der Waals surface area contributed by atoms with E-state index in [-0.39, 0.29) is 10.8 Å². The molecule has 9 heteroatoms. The first-order valence-electron chi connectivity index (χ1n) is 9.45. The second-order valence-corrected chi connectivity index (χ2v) is 10.2. The lowest BCUT2D eigenvalue weighted by atomic mass is 10.1. The Kier molecular flexibility index (Phi) is 5.71. The number of thiazole rings is 1. The summed E-state index contributed by atoms with van der Waals surface area (Å²) in [5.74, 6) is -0.285. The van der Waals surface area contributed by atoms with E-state index >= 15 is 0 Å². The number of rotatable bonds is 6. The third kappa shape index (κ3) is 4.89. The molecular formula is C22H20N4O3S2. The molecule has 0 saturated heterocycles. The fourth-order valence-electron chi connectivity index (χ4n) is 3.01. The lowest BCUT2D eigenvalue weighted by Crippen LogP contribution is -2.12. The Balaban J connectivity index is 1.51. The molecule has 2 aromatic heterocycles. The molecule has 2 N–H and O–H groups in total.